The molecule has 31 heavy (non-hydrogen) atoms. The van der Waals surface area contributed by atoms with Gasteiger partial charge in [-0.3, -0.25) is 0 Å². The second-order valence-electron chi connectivity index (χ2n) is 8.03. The number of hydrogen-bond acceptors (Lipinski definition) is 4. The molecule has 6 nitrogen and oxygen atoms in total. The molecule has 1 N–H and O–H groups in total. The number of urea groups is 1. The molecule has 2 heterocycles. The Hall–Kier alpha value is -3.03. The van der Waals surface area contributed by atoms with E-state index in [1.807, 2.05) is 17.0 Å². The number of hydrogen-bond donors (Lipinski definition) is 1. The molecule has 0 radical (unpaired) electrons. The van der Waals surface area contributed by atoms with Gasteiger partial charge in [0.05, 0.1) is 14.2 Å². The Kier molecular flexibility index (Phi) is 6.15. The van der Waals surface area contributed by atoms with Gasteiger partial charge in [-0.2, -0.15) is 0 Å². The van der Waals surface area contributed by atoms with Crippen LogP contribution in [0.3, 0.4) is 0 Å². The molecular formula is C23H27F2N3O3. The SMILES string of the molecule is COc1cc2c(cc1OC)CN(C(=O)NCC1CCN(c3ccc(F)c(F)c3)C1)CC2. The fourth-order valence-corrected chi connectivity index (χ4v) is 4.32. The van der Waals surface area contributed by atoms with Crippen LogP contribution in [0.15, 0.2) is 30.3 Å². The maximum absolute atomic E-state index is 13.5. The van der Waals surface area contributed by atoms with Crippen LogP contribution in [0.2, 0.25) is 0 Å². The molecule has 166 valence electrons. The first-order valence-electron chi connectivity index (χ1n) is 10.4. The van der Waals surface area contributed by atoms with E-state index in [2.05, 4.69) is 5.32 Å². The van der Waals surface area contributed by atoms with Gasteiger partial charge < -0.3 is 24.6 Å². The second kappa shape index (κ2) is 8.99. The fraction of sp³-hybridized carbons (Fsp3) is 0.435. The molecule has 0 aromatic heterocycles. The van der Waals surface area contributed by atoms with E-state index in [1.54, 1.807) is 25.2 Å². The molecule has 1 unspecified atom stereocenters. The normalized spacial score (nSPS) is 18.0. The van der Waals surface area contributed by atoms with Gasteiger partial charge in [0.15, 0.2) is 23.1 Å². The molecule has 0 spiro atoms. The number of carbonyl (C=O) groups excluding carboxylic acids is 1. The highest BCUT2D eigenvalue weighted by atomic mass is 19.2. The average molecular weight is 431 g/mol. The highest BCUT2D eigenvalue weighted by Crippen LogP contribution is 2.33. The fourth-order valence-electron chi connectivity index (χ4n) is 4.32. The van der Waals surface area contributed by atoms with Crippen LogP contribution in [0.4, 0.5) is 19.3 Å². The third-order valence-corrected chi connectivity index (χ3v) is 6.10. The Bertz CT molecular complexity index is 969. The summed E-state index contributed by atoms with van der Waals surface area (Å²) >= 11 is 0. The topological polar surface area (TPSA) is 54.0 Å². The molecule has 4 rings (SSSR count). The first kappa shape index (κ1) is 21.2. The standard InChI is InChI=1S/C23H27F2N3O3/c1-30-21-9-16-6-8-28(14-17(16)10-22(21)31-2)23(29)26-12-15-5-7-27(13-15)18-3-4-19(24)20(25)11-18/h3-4,9-11,15H,5-8,12-14H2,1-2H3,(H,26,29). The number of nitrogens with zero attached hydrogens (tertiary/aromatic N) is 2. The maximum atomic E-state index is 13.5. The predicted molar refractivity (Wildman–Crippen MR) is 114 cm³/mol. The van der Waals surface area contributed by atoms with E-state index in [1.165, 1.54) is 11.6 Å². The summed E-state index contributed by atoms with van der Waals surface area (Å²) in [7, 11) is 3.21. The first-order chi connectivity index (χ1) is 15.0. The lowest BCUT2D eigenvalue weighted by atomic mass is 9.99. The van der Waals surface area contributed by atoms with E-state index >= 15 is 0 Å². The zero-order valence-electron chi connectivity index (χ0n) is 17.8. The zero-order valence-corrected chi connectivity index (χ0v) is 17.8. The van der Waals surface area contributed by atoms with Crippen molar-refractivity contribution in [1.29, 1.82) is 0 Å². The summed E-state index contributed by atoms with van der Waals surface area (Å²) in [6.07, 6.45) is 1.65. The van der Waals surface area contributed by atoms with Crippen molar-refractivity contribution >= 4 is 11.7 Å². The van der Waals surface area contributed by atoms with Gasteiger partial charge in [0, 0.05) is 44.5 Å². The van der Waals surface area contributed by atoms with Gasteiger partial charge in [0.25, 0.3) is 0 Å². The summed E-state index contributed by atoms with van der Waals surface area (Å²) in [4.78, 5) is 16.6. The predicted octanol–water partition coefficient (Wildman–Crippen LogP) is 3.58. The monoisotopic (exact) mass is 431 g/mol. The molecule has 2 aromatic rings. The lowest BCUT2D eigenvalue weighted by molar-refractivity contribution is 0.190. The Balaban J connectivity index is 1.31. The number of benzene rings is 2. The van der Waals surface area contributed by atoms with Crippen molar-refractivity contribution in [3.63, 3.8) is 0 Å². The molecule has 2 aliphatic rings. The van der Waals surface area contributed by atoms with Crippen molar-refractivity contribution < 1.29 is 23.0 Å². The lowest BCUT2D eigenvalue weighted by Gasteiger charge is -2.30. The number of rotatable bonds is 5. The average Bonchev–Trinajstić information content (AvgIpc) is 3.27. The maximum Gasteiger partial charge on any atom is 0.317 e. The minimum Gasteiger partial charge on any atom is -0.493 e. The van der Waals surface area contributed by atoms with E-state index in [9.17, 15) is 13.6 Å². The number of ether oxygens (including phenoxy) is 2. The molecule has 0 aliphatic carbocycles. The minimum atomic E-state index is -0.842. The van der Waals surface area contributed by atoms with E-state index in [4.69, 9.17) is 9.47 Å². The van der Waals surface area contributed by atoms with Crippen LogP contribution in [0.1, 0.15) is 17.5 Å². The molecule has 0 saturated carbocycles. The smallest absolute Gasteiger partial charge is 0.317 e. The third kappa shape index (κ3) is 4.52. The molecular weight excluding hydrogens is 404 g/mol. The quantitative estimate of drug-likeness (QED) is 0.787. The number of fused-ring (bicyclic) bond motifs is 1. The van der Waals surface area contributed by atoms with Gasteiger partial charge in [-0.1, -0.05) is 0 Å². The van der Waals surface area contributed by atoms with Crippen LogP contribution >= 0.6 is 0 Å². The summed E-state index contributed by atoms with van der Waals surface area (Å²) in [5.41, 5.74) is 2.90. The van der Waals surface area contributed by atoms with Crippen molar-refractivity contribution in [3.8, 4) is 11.5 Å². The number of carbonyl (C=O) groups is 1. The number of amides is 2. The van der Waals surface area contributed by atoms with Gasteiger partial charge in [-0.15, -0.1) is 0 Å². The van der Waals surface area contributed by atoms with E-state index < -0.39 is 11.6 Å². The molecule has 1 saturated heterocycles. The largest absolute Gasteiger partial charge is 0.493 e. The number of anilines is 1. The second-order valence-corrected chi connectivity index (χ2v) is 8.03. The van der Waals surface area contributed by atoms with Crippen molar-refractivity contribution in [2.24, 2.45) is 5.92 Å². The minimum absolute atomic E-state index is 0.0910. The molecule has 2 amide bonds. The Morgan fingerprint density at radius 2 is 1.81 bits per heavy atom. The van der Waals surface area contributed by atoms with Crippen LogP contribution in [0, 0.1) is 17.6 Å². The molecule has 0 bridgehead atoms. The number of halogens is 2. The summed E-state index contributed by atoms with van der Waals surface area (Å²) in [6.45, 7) is 3.16. The van der Waals surface area contributed by atoms with Gasteiger partial charge >= 0.3 is 6.03 Å². The molecule has 1 fully saturated rings. The van der Waals surface area contributed by atoms with Crippen LogP contribution in [-0.4, -0.2) is 51.3 Å². The Morgan fingerprint density at radius 3 is 2.52 bits per heavy atom. The molecule has 2 aliphatic heterocycles. The van der Waals surface area contributed by atoms with Crippen molar-refractivity contribution in [3.05, 3.63) is 53.1 Å². The van der Waals surface area contributed by atoms with Gasteiger partial charge in [0.2, 0.25) is 0 Å². The van der Waals surface area contributed by atoms with Crippen molar-refractivity contribution in [2.45, 2.75) is 19.4 Å². The molecule has 1 atom stereocenters. The Morgan fingerprint density at radius 1 is 1.06 bits per heavy atom. The van der Waals surface area contributed by atoms with E-state index in [0.717, 1.165) is 31.0 Å². The highest BCUT2D eigenvalue weighted by molar-refractivity contribution is 5.74. The lowest BCUT2D eigenvalue weighted by Crippen LogP contribution is -2.44. The van der Waals surface area contributed by atoms with Gasteiger partial charge in [-0.25, -0.2) is 13.6 Å². The molecule has 8 heteroatoms. The van der Waals surface area contributed by atoms with Gasteiger partial charge in [-0.05, 0) is 54.2 Å². The summed E-state index contributed by atoms with van der Waals surface area (Å²) in [6, 6.07) is 7.79. The van der Waals surface area contributed by atoms with Gasteiger partial charge in [0.1, 0.15) is 0 Å². The van der Waals surface area contributed by atoms with Crippen LogP contribution in [-0.2, 0) is 13.0 Å². The summed E-state index contributed by atoms with van der Waals surface area (Å²) < 4.78 is 37.4. The Labute approximate surface area is 180 Å². The zero-order chi connectivity index (χ0) is 22.0. The van der Waals surface area contributed by atoms with Crippen molar-refractivity contribution in [2.75, 3.05) is 45.3 Å². The number of nitrogens with one attached hydrogen (secondary N) is 1. The highest BCUT2D eigenvalue weighted by Gasteiger charge is 2.26. The van der Waals surface area contributed by atoms with E-state index in [0.29, 0.717) is 43.4 Å². The first-order valence-corrected chi connectivity index (χ1v) is 10.4. The summed E-state index contributed by atoms with van der Waals surface area (Å²) in [5.74, 6) is -0.0592. The molecule has 2 aromatic carbocycles. The number of methoxy groups -OCH3 is 2. The summed E-state index contributed by atoms with van der Waals surface area (Å²) in [5, 5.41) is 3.04. The van der Waals surface area contributed by atoms with Crippen LogP contribution in [0.5, 0.6) is 11.5 Å². The third-order valence-electron chi connectivity index (χ3n) is 6.10. The van der Waals surface area contributed by atoms with Crippen molar-refractivity contribution in [1.82, 2.24) is 10.2 Å². The van der Waals surface area contributed by atoms with E-state index in [-0.39, 0.29) is 11.9 Å². The van der Waals surface area contributed by atoms with Crippen LogP contribution < -0.4 is 19.7 Å². The van der Waals surface area contributed by atoms with Crippen LogP contribution in [0.25, 0.3) is 0 Å².